The van der Waals surface area contributed by atoms with Gasteiger partial charge in [-0.1, -0.05) is 13.8 Å². The minimum absolute atomic E-state index is 0.287. The molecule has 0 aromatic rings. The van der Waals surface area contributed by atoms with Gasteiger partial charge in [-0.3, -0.25) is 0 Å². The molecule has 0 heterocycles. The monoisotopic (exact) mass is 206 g/mol. The van der Waals surface area contributed by atoms with Crippen molar-refractivity contribution in [1.82, 2.24) is 0 Å². The van der Waals surface area contributed by atoms with Gasteiger partial charge in [0.15, 0.2) is 0 Å². The van der Waals surface area contributed by atoms with Crippen LogP contribution in [0.3, 0.4) is 0 Å². The van der Waals surface area contributed by atoms with Gasteiger partial charge in [-0.15, -0.1) is 0 Å². The molecule has 0 aliphatic carbocycles. The summed E-state index contributed by atoms with van der Waals surface area (Å²) in [4.78, 5) is 10.3. The minimum atomic E-state index is 0.287. The fourth-order valence-corrected chi connectivity index (χ4v) is 0.575. The zero-order chi connectivity index (χ0) is 7.86. The Bertz CT molecular complexity index is 81.1. The molecule has 3 heteroatoms. The molecule has 0 amide bonds. The van der Waals surface area contributed by atoms with Crippen LogP contribution in [-0.4, -0.2) is 5.78 Å². The van der Waals surface area contributed by atoms with Crippen LogP contribution in [0.2, 0.25) is 0 Å². The Morgan fingerprint density at radius 1 is 1.44 bits per heavy atom. The van der Waals surface area contributed by atoms with Gasteiger partial charge >= 0.3 is 27.5 Å². The number of rotatable bonds is 2. The number of carbonyl (C=O) groups excluding carboxylic acids is 1. The molecule has 0 aromatic heterocycles. The number of Topliss-reactive ketones (excluding diaryl/α,β-unsaturated/α-hetero) is 1. The maximum absolute atomic E-state index is 10.3. The molecule has 0 bridgehead atoms. The SMILES string of the molecule is CC(=O)CC(C)C.[O]=[Zr]. The average molecular weight is 207 g/mol. The third-order valence-electron chi connectivity index (χ3n) is 0.696. The summed E-state index contributed by atoms with van der Waals surface area (Å²) in [5.74, 6) is 0.813. The standard InChI is InChI=1S/C6H12O.O.Zr/c1-5(2)4-6(3)7;;/h5H,4H2,1-3H3;;. The first-order chi connectivity index (χ1) is 4.13. The summed E-state index contributed by atoms with van der Waals surface area (Å²) in [7, 11) is 0. The van der Waals surface area contributed by atoms with Crippen molar-refractivity contribution < 1.29 is 32.3 Å². The molecule has 0 unspecified atom stereocenters. The summed E-state index contributed by atoms with van der Waals surface area (Å²) < 4.78 is 8.34. The molecular formula is C6H12O2Zr. The summed E-state index contributed by atoms with van der Waals surface area (Å²) in [5, 5.41) is 0. The molecule has 0 aromatic carbocycles. The number of carbonyl (C=O) groups is 1. The predicted octanol–water partition coefficient (Wildman–Crippen LogP) is 1.50. The van der Waals surface area contributed by atoms with Crippen molar-refractivity contribution >= 4 is 5.78 Å². The molecule has 0 saturated carbocycles. The van der Waals surface area contributed by atoms with Gasteiger partial charge in [0.25, 0.3) is 0 Å². The molecule has 0 aliphatic heterocycles. The third kappa shape index (κ3) is 17.8. The topological polar surface area (TPSA) is 34.1 Å². The van der Waals surface area contributed by atoms with E-state index in [-0.39, 0.29) is 5.78 Å². The van der Waals surface area contributed by atoms with Crippen LogP contribution in [0.5, 0.6) is 0 Å². The van der Waals surface area contributed by atoms with E-state index in [1.54, 1.807) is 6.92 Å². The second-order valence-corrected chi connectivity index (χ2v) is 2.30. The number of hydrogen-bond acceptors (Lipinski definition) is 2. The number of ketones is 1. The average Bonchev–Trinajstić information content (AvgIpc) is 1.68. The molecule has 2 nitrogen and oxygen atoms in total. The Morgan fingerprint density at radius 3 is 1.78 bits per heavy atom. The Labute approximate surface area is 71.3 Å². The molecule has 9 heavy (non-hydrogen) atoms. The zero-order valence-electron chi connectivity index (χ0n) is 6.10. The maximum atomic E-state index is 10.3. The zero-order valence-corrected chi connectivity index (χ0v) is 8.56. The van der Waals surface area contributed by atoms with Crippen molar-refractivity contribution in [1.29, 1.82) is 0 Å². The van der Waals surface area contributed by atoms with E-state index < -0.39 is 0 Å². The fourth-order valence-electron chi connectivity index (χ4n) is 0.575. The third-order valence-corrected chi connectivity index (χ3v) is 0.696. The molecule has 0 fully saturated rings. The second kappa shape index (κ2) is 8.35. The summed E-state index contributed by atoms with van der Waals surface area (Å²) in [6.45, 7) is 5.71. The van der Waals surface area contributed by atoms with Gasteiger partial charge in [0.05, 0.1) is 0 Å². The van der Waals surface area contributed by atoms with E-state index in [0.717, 1.165) is 6.42 Å². The molecule has 52 valence electrons. The molecule has 0 rings (SSSR count). The van der Waals surface area contributed by atoms with Crippen LogP contribution in [0.1, 0.15) is 27.2 Å². The predicted molar refractivity (Wildman–Crippen MR) is 30.8 cm³/mol. The van der Waals surface area contributed by atoms with Crippen molar-refractivity contribution in [3.05, 3.63) is 0 Å². The van der Waals surface area contributed by atoms with E-state index in [1.807, 2.05) is 13.8 Å². The normalized spacial score (nSPS) is 7.89. The molecule has 0 saturated heterocycles. The van der Waals surface area contributed by atoms with Crippen LogP contribution in [0.4, 0.5) is 0 Å². The second-order valence-electron chi connectivity index (χ2n) is 2.30. The summed E-state index contributed by atoms with van der Waals surface area (Å²) in [6, 6.07) is 0. The van der Waals surface area contributed by atoms with Gasteiger partial charge in [0.1, 0.15) is 5.78 Å². The molecule has 0 spiro atoms. The Kier molecular flexibility index (Phi) is 11.2. The number of hydrogen-bond donors (Lipinski definition) is 0. The summed E-state index contributed by atoms with van der Waals surface area (Å²) >= 11 is 0.300. The summed E-state index contributed by atoms with van der Waals surface area (Å²) in [5.41, 5.74) is 0. The van der Waals surface area contributed by atoms with Crippen molar-refractivity contribution in [3.63, 3.8) is 0 Å². The van der Waals surface area contributed by atoms with E-state index in [4.69, 9.17) is 2.81 Å². The van der Waals surface area contributed by atoms with E-state index in [0.29, 0.717) is 30.6 Å². The Morgan fingerprint density at radius 2 is 1.78 bits per heavy atom. The van der Waals surface area contributed by atoms with Crippen LogP contribution in [0, 0.1) is 5.92 Å². The molecule has 0 aliphatic rings. The van der Waals surface area contributed by atoms with Gasteiger partial charge < -0.3 is 4.79 Å². The van der Waals surface area contributed by atoms with E-state index in [9.17, 15) is 4.79 Å². The van der Waals surface area contributed by atoms with Crippen LogP contribution in [0.15, 0.2) is 0 Å². The van der Waals surface area contributed by atoms with Crippen molar-refractivity contribution in [2.24, 2.45) is 5.92 Å². The van der Waals surface area contributed by atoms with Gasteiger partial charge in [0, 0.05) is 6.42 Å². The van der Waals surface area contributed by atoms with Gasteiger partial charge in [-0.25, -0.2) is 0 Å². The molecule has 0 atom stereocenters. The van der Waals surface area contributed by atoms with Gasteiger partial charge in [-0.2, -0.15) is 0 Å². The van der Waals surface area contributed by atoms with E-state index >= 15 is 0 Å². The van der Waals surface area contributed by atoms with Gasteiger partial charge in [-0.05, 0) is 12.8 Å². The van der Waals surface area contributed by atoms with Crippen LogP contribution < -0.4 is 0 Å². The van der Waals surface area contributed by atoms with Gasteiger partial charge in [0.2, 0.25) is 0 Å². The first-order valence-corrected chi connectivity index (χ1v) is 3.83. The quantitative estimate of drug-likeness (QED) is 0.688. The first-order valence-electron chi connectivity index (χ1n) is 2.82. The Balaban J connectivity index is 0. The molecule has 0 N–H and O–H groups in total. The van der Waals surface area contributed by atoms with Crippen LogP contribution in [-0.2, 0) is 32.3 Å². The van der Waals surface area contributed by atoms with Crippen LogP contribution in [0.25, 0.3) is 0 Å². The van der Waals surface area contributed by atoms with E-state index in [1.165, 1.54) is 0 Å². The van der Waals surface area contributed by atoms with Crippen molar-refractivity contribution in [2.45, 2.75) is 27.2 Å². The van der Waals surface area contributed by atoms with E-state index in [2.05, 4.69) is 0 Å². The van der Waals surface area contributed by atoms with Crippen LogP contribution >= 0.6 is 0 Å². The summed E-state index contributed by atoms with van der Waals surface area (Å²) in [6.07, 6.45) is 0.722. The molecule has 0 radical (unpaired) electrons. The fraction of sp³-hybridized carbons (Fsp3) is 0.833. The van der Waals surface area contributed by atoms with Crippen molar-refractivity contribution in [2.75, 3.05) is 0 Å². The molecular weight excluding hydrogens is 195 g/mol. The van der Waals surface area contributed by atoms with Crippen molar-refractivity contribution in [3.8, 4) is 0 Å². The first kappa shape index (κ1) is 12.1. The Hall–Kier alpha value is 0.353.